The van der Waals surface area contributed by atoms with Crippen molar-refractivity contribution >= 4 is 28.5 Å². The average Bonchev–Trinajstić information content (AvgIpc) is 3.36. The summed E-state index contributed by atoms with van der Waals surface area (Å²) in [5, 5.41) is 11.5. The monoisotopic (exact) mass is 541 g/mol. The third kappa shape index (κ3) is 6.45. The zero-order chi connectivity index (χ0) is 28.1. The van der Waals surface area contributed by atoms with E-state index in [9.17, 15) is 9.59 Å². The molecule has 0 spiro atoms. The Morgan fingerprint density at radius 2 is 1.77 bits per heavy atom. The molecule has 1 N–H and O–H groups in total. The highest BCUT2D eigenvalue weighted by Crippen LogP contribution is 2.28. The first-order valence-corrected chi connectivity index (χ1v) is 13.5. The molecule has 10 heteroatoms. The van der Waals surface area contributed by atoms with Crippen molar-refractivity contribution in [1.29, 1.82) is 0 Å². The second-order valence-electron chi connectivity index (χ2n) is 11.0. The molecule has 1 aliphatic rings. The molecule has 1 aliphatic heterocycles. The number of anilines is 1. The van der Waals surface area contributed by atoms with Crippen LogP contribution in [0.3, 0.4) is 0 Å². The van der Waals surface area contributed by atoms with Crippen LogP contribution in [0.1, 0.15) is 37.9 Å². The Morgan fingerprint density at radius 3 is 2.48 bits per heavy atom. The average molecular weight is 542 g/mol. The third-order valence-corrected chi connectivity index (χ3v) is 6.74. The molecule has 2 aromatic carbocycles. The number of morpholine rings is 1. The zero-order valence-electron chi connectivity index (χ0n) is 23.2. The van der Waals surface area contributed by atoms with Gasteiger partial charge < -0.3 is 19.9 Å². The van der Waals surface area contributed by atoms with Crippen LogP contribution in [-0.2, 0) is 27.4 Å². The van der Waals surface area contributed by atoms with E-state index in [4.69, 9.17) is 4.74 Å². The molecule has 1 saturated heterocycles. The first kappa shape index (κ1) is 27.3. The van der Waals surface area contributed by atoms with Crippen LogP contribution in [0, 0.1) is 0 Å². The fourth-order valence-electron chi connectivity index (χ4n) is 4.86. The van der Waals surface area contributed by atoms with Crippen LogP contribution < -0.4 is 10.2 Å². The van der Waals surface area contributed by atoms with Crippen LogP contribution >= 0.6 is 0 Å². The molecule has 3 heterocycles. The van der Waals surface area contributed by atoms with E-state index in [0.717, 1.165) is 35.4 Å². The predicted octanol–water partition coefficient (Wildman–Crippen LogP) is 3.35. The quantitative estimate of drug-likeness (QED) is 0.365. The highest BCUT2D eigenvalue weighted by Gasteiger charge is 2.34. The standard InChI is InChI=1S/C30H35N7O3/c1-30(2,3)32-29(39)28(23-10-12-24(13-11-23)35-15-17-40-18-16-35)36(20-22-7-6-14-31-19-22)27(38)21-37-26-9-5-4-8-25(26)33-34-37/h4-14,19,28H,15-18,20-21H2,1-3H3,(H,32,39). The van der Waals surface area contributed by atoms with Crippen molar-refractivity contribution in [3.05, 3.63) is 84.2 Å². The number of hydrogen-bond acceptors (Lipinski definition) is 7. The molecule has 0 bridgehead atoms. The number of hydrogen-bond donors (Lipinski definition) is 1. The van der Waals surface area contributed by atoms with E-state index in [1.807, 2.05) is 81.4 Å². The number of carbonyl (C=O) groups excluding carboxylic acids is 2. The van der Waals surface area contributed by atoms with Crippen molar-refractivity contribution in [2.75, 3.05) is 31.2 Å². The van der Waals surface area contributed by atoms with Crippen molar-refractivity contribution in [2.24, 2.45) is 0 Å². The van der Waals surface area contributed by atoms with Crippen LogP contribution in [0.25, 0.3) is 11.0 Å². The highest BCUT2D eigenvalue weighted by atomic mass is 16.5. The minimum absolute atomic E-state index is 0.0636. The first-order valence-electron chi connectivity index (χ1n) is 13.5. The Bertz CT molecular complexity index is 1440. The van der Waals surface area contributed by atoms with E-state index in [1.54, 1.807) is 22.0 Å². The van der Waals surface area contributed by atoms with Crippen molar-refractivity contribution in [3.8, 4) is 0 Å². The Hall–Kier alpha value is -4.31. The number of para-hydroxylation sites is 1. The summed E-state index contributed by atoms with van der Waals surface area (Å²) in [6, 6.07) is 18.2. The highest BCUT2D eigenvalue weighted by molar-refractivity contribution is 5.89. The predicted molar refractivity (Wildman–Crippen MR) is 152 cm³/mol. The molecule has 1 atom stereocenters. The Labute approximate surface area is 233 Å². The molecular weight excluding hydrogens is 506 g/mol. The summed E-state index contributed by atoms with van der Waals surface area (Å²) in [5.41, 5.74) is 3.56. The second-order valence-corrected chi connectivity index (χ2v) is 11.0. The van der Waals surface area contributed by atoms with Gasteiger partial charge in [-0.2, -0.15) is 0 Å². The molecule has 0 saturated carbocycles. The van der Waals surface area contributed by atoms with Crippen molar-refractivity contribution in [3.63, 3.8) is 0 Å². The van der Waals surface area contributed by atoms with Gasteiger partial charge in [-0.05, 0) is 62.2 Å². The molecule has 2 amide bonds. The molecule has 1 fully saturated rings. The molecule has 10 nitrogen and oxygen atoms in total. The minimum atomic E-state index is -0.875. The van der Waals surface area contributed by atoms with Crippen LogP contribution in [0.15, 0.2) is 73.1 Å². The second kappa shape index (κ2) is 11.8. The summed E-state index contributed by atoms with van der Waals surface area (Å²) in [7, 11) is 0. The van der Waals surface area contributed by atoms with E-state index < -0.39 is 11.6 Å². The van der Waals surface area contributed by atoms with Gasteiger partial charge in [0.05, 0.1) is 18.7 Å². The van der Waals surface area contributed by atoms with Crippen LogP contribution in [0.2, 0.25) is 0 Å². The molecule has 0 aliphatic carbocycles. The maximum atomic E-state index is 14.1. The Balaban J connectivity index is 1.52. The van der Waals surface area contributed by atoms with Crippen LogP contribution in [0.5, 0.6) is 0 Å². The van der Waals surface area contributed by atoms with Gasteiger partial charge in [-0.3, -0.25) is 14.6 Å². The lowest BCUT2D eigenvalue weighted by Crippen LogP contribution is -2.49. The summed E-state index contributed by atoms with van der Waals surface area (Å²) in [6.45, 7) is 8.91. The number of fused-ring (bicyclic) bond motifs is 1. The number of rotatable bonds is 8. The summed E-state index contributed by atoms with van der Waals surface area (Å²) >= 11 is 0. The van der Waals surface area contributed by atoms with Gasteiger partial charge in [0.2, 0.25) is 11.8 Å². The van der Waals surface area contributed by atoms with Crippen molar-refractivity contribution < 1.29 is 14.3 Å². The number of aromatic nitrogens is 4. The third-order valence-electron chi connectivity index (χ3n) is 6.74. The minimum Gasteiger partial charge on any atom is -0.378 e. The smallest absolute Gasteiger partial charge is 0.247 e. The van der Waals surface area contributed by atoms with Crippen molar-refractivity contribution in [1.82, 2.24) is 30.2 Å². The SMILES string of the molecule is CC(C)(C)NC(=O)C(c1ccc(N2CCOCC2)cc1)N(Cc1cccnc1)C(=O)Cn1nnc2ccccc21. The van der Waals surface area contributed by atoms with Gasteiger partial charge in [0.1, 0.15) is 18.1 Å². The number of nitrogens with zero attached hydrogens (tertiary/aromatic N) is 6. The van der Waals surface area contributed by atoms with Gasteiger partial charge in [0.15, 0.2) is 0 Å². The van der Waals surface area contributed by atoms with E-state index in [0.29, 0.717) is 18.7 Å². The number of amides is 2. The van der Waals surface area contributed by atoms with Gasteiger partial charge in [0, 0.05) is 43.3 Å². The van der Waals surface area contributed by atoms with Gasteiger partial charge in [-0.15, -0.1) is 5.10 Å². The first-order chi connectivity index (χ1) is 19.3. The summed E-state index contributed by atoms with van der Waals surface area (Å²) < 4.78 is 7.07. The molecular formula is C30H35N7O3. The maximum absolute atomic E-state index is 14.1. The van der Waals surface area contributed by atoms with Crippen molar-refractivity contribution in [2.45, 2.75) is 45.4 Å². The Kier molecular flexibility index (Phi) is 8.06. The molecule has 1 unspecified atom stereocenters. The van der Waals surface area contributed by atoms with Gasteiger partial charge >= 0.3 is 0 Å². The molecule has 208 valence electrons. The number of nitrogens with one attached hydrogen (secondary N) is 1. The Morgan fingerprint density at radius 1 is 1.02 bits per heavy atom. The molecule has 2 aromatic heterocycles. The number of ether oxygens (including phenoxy) is 1. The normalized spacial score (nSPS) is 14.6. The van der Waals surface area contributed by atoms with E-state index >= 15 is 0 Å². The largest absolute Gasteiger partial charge is 0.378 e. The molecule has 4 aromatic rings. The summed E-state index contributed by atoms with van der Waals surface area (Å²) in [4.78, 5) is 36.1. The molecule has 0 radical (unpaired) electrons. The lowest BCUT2D eigenvalue weighted by molar-refractivity contribution is -0.142. The van der Waals surface area contributed by atoms with Crippen LogP contribution in [-0.4, -0.2) is 68.5 Å². The fourth-order valence-corrected chi connectivity index (χ4v) is 4.86. The lowest BCUT2D eigenvalue weighted by atomic mass is 10.00. The summed E-state index contributed by atoms with van der Waals surface area (Å²) in [5.74, 6) is -0.516. The number of carbonyl (C=O) groups is 2. The zero-order valence-corrected chi connectivity index (χ0v) is 23.2. The molecule has 40 heavy (non-hydrogen) atoms. The fraction of sp³-hybridized carbons (Fsp3) is 0.367. The van der Waals surface area contributed by atoms with Gasteiger partial charge in [0.25, 0.3) is 0 Å². The van der Waals surface area contributed by atoms with E-state index in [1.165, 1.54) is 0 Å². The van der Waals surface area contributed by atoms with E-state index in [-0.39, 0.29) is 24.9 Å². The van der Waals surface area contributed by atoms with E-state index in [2.05, 4.69) is 25.5 Å². The number of pyridine rings is 1. The maximum Gasteiger partial charge on any atom is 0.247 e. The lowest BCUT2D eigenvalue weighted by Gasteiger charge is -2.34. The summed E-state index contributed by atoms with van der Waals surface area (Å²) in [6.07, 6.45) is 3.40. The molecule has 5 rings (SSSR count). The van der Waals surface area contributed by atoms with Crippen LogP contribution in [0.4, 0.5) is 5.69 Å². The topological polar surface area (TPSA) is 105 Å². The van der Waals surface area contributed by atoms with Gasteiger partial charge in [-0.1, -0.05) is 35.5 Å². The van der Waals surface area contributed by atoms with Gasteiger partial charge in [-0.25, -0.2) is 4.68 Å². The number of benzene rings is 2.